The molecule has 0 saturated heterocycles. The molecule has 0 bridgehead atoms. The molecule has 2 rings (SSSR count). The molecule has 0 spiro atoms. The number of hydrogen-bond acceptors (Lipinski definition) is 1. The van der Waals surface area contributed by atoms with Crippen molar-refractivity contribution in [3.8, 4) is 0 Å². The molecule has 20 heavy (non-hydrogen) atoms. The van der Waals surface area contributed by atoms with Gasteiger partial charge in [0.15, 0.2) is 0 Å². The largest absolute Gasteiger partial charge is 0.311 e. The number of hydrogen-bond donors (Lipinski definition) is 1. The molecule has 0 radical (unpaired) electrons. The second-order valence-corrected chi connectivity index (χ2v) is 8.18. The van der Waals surface area contributed by atoms with Gasteiger partial charge in [0, 0.05) is 12.1 Å². The van der Waals surface area contributed by atoms with E-state index in [-0.39, 0.29) is 0 Å². The van der Waals surface area contributed by atoms with E-state index in [2.05, 4.69) is 33.0 Å². The molecule has 118 valence electrons. The minimum Gasteiger partial charge on any atom is -0.311 e. The summed E-state index contributed by atoms with van der Waals surface area (Å²) in [5, 5.41) is 3.99. The van der Waals surface area contributed by atoms with Crippen molar-refractivity contribution in [3.63, 3.8) is 0 Å². The third-order valence-electron chi connectivity index (χ3n) is 6.64. The lowest BCUT2D eigenvalue weighted by Crippen LogP contribution is -2.43. The van der Waals surface area contributed by atoms with Gasteiger partial charge in [-0.1, -0.05) is 40.5 Å². The Labute approximate surface area is 127 Å². The first kappa shape index (κ1) is 16.3. The molecule has 2 fully saturated rings. The van der Waals surface area contributed by atoms with Crippen molar-refractivity contribution in [1.29, 1.82) is 0 Å². The minimum atomic E-state index is 0.560. The molecule has 2 aliphatic carbocycles. The maximum atomic E-state index is 3.99. The Morgan fingerprint density at radius 3 is 1.75 bits per heavy atom. The molecule has 0 aromatic carbocycles. The van der Waals surface area contributed by atoms with E-state index in [4.69, 9.17) is 0 Å². The molecule has 2 saturated carbocycles. The first-order chi connectivity index (χ1) is 9.55. The van der Waals surface area contributed by atoms with Gasteiger partial charge in [0.05, 0.1) is 0 Å². The van der Waals surface area contributed by atoms with Crippen LogP contribution >= 0.6 is 0 Å². The highest BCUT2D eigenvalue weighted by molar-refractivity contribution is 4.87. The van der Waals surface area contributed by atoms with Crippen LogP contribution in [0.15, 0.2) is 0 Å². The zero-order valence-corrected chi connectivity index (χ0v) is 14.4. The van der Waals surface area contributed by atoms with Crippen LogP contribution in [0.2, 0.25) is 0 Å². The first-order valence-electron chi connectivity index (χ1n) is 9.31. The summed E-state index contributed by atoms with van der Waals surface area (Å²) in [4.78, 5) is 0. The van der Waals surface area contributed by atoms with Gasteiger partial charge in [0.1, 0.15) is 0 Å². The summed E-state index contributed by atoms with van der Waals surface area (Å²) in [7, 11) is 0. The fourth-order valence-electron chi connectivity index (χ4n) is 4.40. The molecule has 0 amide bonds. The van der Waals surface area contributed by atoms with Crippen LogP contribution in [0.5, 0.6) is 0 Å². The Bertz CT molecular complexity index is 267. The Balaban J connectivity index is 1.70. The highest BCUT2D eigenvalue weighted by atomic mass is 15.0. The maximum absolute atomic E-state index is 3.99. The molecule has 0 atom stereocenters. The van der Waals surface area contributed by atoms with Gasteiger partial charge in [-0.3, -0.25) is 0 Å². The Kier molecular flexibility index (Phi) is 5.95. The van der Waals surface area contributed by atoms with E-state index >= 15 is 0 Å². The fourth-order valence-corrected chi connectivity index (χ4v) is 4.40. The lowest BCUT2D eigenvalue weighted by molar-refractivity contribution is 0.130. The third-order valence-corrected chi connectivity index (χ3v) is 6.64. The average Bonchev–Trinajstić information content (AvgIpc) is 2.48. The molecule has 0 aromatic heterocycles. The van der Waals surface area contributed by atoms with Crippen molar-refractivity contribution in [2.75, 3.05) is 0 Å². The Morgan fingerprint density at radius 2 is 1.30 bits per heavy atom. The SMILES string of the molecule is CCC1CCC(NC2CCC(C(C)(C)CC)CC2)CC1. The standard InChI is InChI=1S/C19H37N/c1-5-15-7-11-17(12-8-15)20-18-13-9-16(10-14-18)19(3,4)6-2/h15-18,20H,5-14H2,1-4H3. The van der Waals surface area contributed by atoms with Crippen LogP contribution in [-0.2, 0) is 0 Å². The van der Waals surface area contributed by atoms with Gasteiger partial charge < -0.3 is 5.32 Å². The van der Waals surface area contributed by atoms with Crippen LogP contribution in [0, 0.1) is 17.3 Å². The van der Waals surface area contributed by atoms with Gasteiger partial charge in [0.2, 0.25) is 0 Å². The molecule has 0 aliphatic heterocycles. The van der Waals surface area contributed by atoms with E-state index in [9.17, 15) is 0 Å². The van der Waals surface area contributed by atoms with Gasteiger partial charge >= 0.3 is 0 Å². The topological polar surface area (TPSA) is 12.0 Å². The first-order valence-corrected chi connectivity index (χ1v) is 9.31. The van der Waals surface area contributed by atoms with E-state index < -0.39 is 0 Å². The zero-order chi connectivity index (χ0) is 14.6. The van der Waals surface area contributed by atoms with E-state index in [0.29, 0.717) is 5.41 Å². The van der Waals surface area contributed by atoms with Crippen molar-refractivity contribution in [2.24, 2.45) is 17.3 Å². The predicted octanol–water partition coefficient (Wildman–Crippen LogP) is 5.54. The van der Waals surface area contributed by atoms with Gasteiger partial charge in [-0.15, -0.1) is 0 Å². The van der Waals surface area contributed by atoms with Crippen LogP contribution in [0.25, 0.3) is 0 Å². The van der Waals surface area contributed by atoms with E-state index in [1.54, 1.807) is 0 Å². The van der Waals surface area contributed by atoms with Crippen LogP contribution in [0.4, 0.5) is 0 Å². The van der Waals surface area contributed by atoms with Crippen molar-refractivity contribution in [3.05, 3.63) is 0 Å². The molecule has 0 unspecified atom stereocenters. The molecule has 1 N–H and O–H groups in total. The summed E-state index contributed by atoms with van der Waals surface area (Å²) in [6.45, 7) is 9.65. The smallest absolute Gasteiger partial charge is 0.00698 e. The zero-order valence-electron chi connectivity index (χ0n) is 14.4. The normalized spacial score (nSPS) is 36.0. The Hall–Kier alpha value is -0.0400. The van der Waals surface area contributed by atoms with E-state index in [0.717, 1.165) is 23.9 Å². The number of nitrogens with one attached hydrogen (secondary N) is 1. The van der Waals surface area contributed by atoms with Crippen molar-refractivity contribution < 1.29 is 0 Å². The molecular formula is C19H37N. The summed E-state index contributed by atoms with van der Waals surface area (Å²) >= 11 is 0. The summed E-state index contributed by atoms with van der Waals surface area (Å²) in [5.74, 6) is 1.98. The lowest BCUT2D eigenvalue weighted by atomic mass is 9.69. The minimum absolute atomic E-state index is 0.560. The van der Waals surface area contributed by atoms with Crippen LogP contribution in [-0.4, -0.2) is 12.1 Å². The van der Waals surface area contributed by atoms with Crippen LogP contribution in [0.3, 0.4) is 0 Å². The molecular weight excluding hydrogens is 242 g/mol. The summed E-state index contributed by atoms with van der Waals surface area (Å²) in [6.07, 6.45) is 14.2. The van der Waals surface area contributed by atoms with Crippen LogP contribution in [0.1, 0.15) is 91.9 Å². The van der Waals surface area contributed by atoms with Gasteiger partial charge in [-0.05, 0) is 68.6 Å². The third kappa shape index (κ3) is 4.23. The second-order valence-electron chi connectivity index (χ2n) is 8.18. The van der Waals surface area contributed by atoms with Crippen molar-refractivity contribution in [1.82, 2.24) is 5.32 Å². The lowest BCUT2D eigenvalue weighted by Gasteiger charge is -2.40. The van der Waals surface area contributed by atoms with Gasteiger partial charge in [-0.2, -0.15) is 0 Å². The molecule has 2 aliphatic rings. The quantitative estimate of drug-likeness (QED) is 0.696. The fraction of sp³-hybridized carbons (Fsp3) is 1.00. The monoisotopic (exact) mass is 279 g/mol. The summed E-state index contributed by atoms with van der Waals surface area (Å²) < 4.78 is 0. The van der Waals surface area contributed by atoms with Gasteiger partial charge in [0.25, 0.3) is 0 Å². The summed E-state index contributed by atoms with van der Waals surface area (Å²) in [6, 6.07) is 1.65. The molecule has 0 aromatic rings. The predicted molar refractivity (Wildman–Crippen MR) is 89.0 cm³/mol. The molecule has 0 heterocycles. The van der Waals surface area contributed by atoms with Crippen LogP contribution < -0.4 is 5.32 Å². The molecule has 1 nitrogen and oxygen atoms in total. The number of rotatable bonds is 5. The molecule has 1 heteroatoms. The Morgan fingerprint density at radius 1 is 0.800 bits per heavy atom. The maximum Gasteiger partial charge on any atom is 0.00698 e. The van der Waals surface area contributed by atoms with E-state index in [1.807, 2.05) is 0 Å². The average molecular weight is 280 g/mol. The van der Waals surface area contributed by atoms with Crippen molar-refractivity contribution >= 4 is 0 Å². The van der Waals surface area contributed by atoms with Crippen molar-refractivity contribution in [2.45, 2.75) is 104 Å². The highest BCUT2D eigenvalue weighted by Crippen LogP contribution is 2.40. The van der Waals surface area contributed by atoms with Gasteiger partial charge in [-0.25, -0.2) is 0 Å². The second kappa shape index (κ2) is 7.29. The highest BCUT2D eigenvalue weighted by Gasteiger charge is 2.32. The summed E-state index contributed by atoms with van der Waals surface area (Å²) in [5.41, 5.74) is 0.560. The van der Waals surface area contributed by atoms with E-state index in [1.165, 1.54) is 64.2 Å².